The van der Waals surface area contributed by atoms with Gasteiger partial charge in [-0.2, -0.15) is 0 Å². The summed E-state index contributed by atoms with van der Waals surface area (Å²) in [5.74, 6) is 0. The summed E-state index contributed by atoms with van der Waals surface area (Å²) in [7, 11) is -6.32. The third-order valence-corrected chi connectivity index (χ3v) is 40.8. The Morgan fingerprint density at radius 1 is 0.542 bits per heavy atom. The van der Waals surface area contributed by atoms with E-state index in [-0.39, 0.29) is 0 Å². The van der Waals surface area contributed by atoms with Gasteiger partial charge in [0.05, 0.1) is 0 Å². The first-order chi connectivity index (χ1) is 10.1. The van der Waals surface area contributed by atoms with E-state index in [4.69, 9.17) is 8.82 Å². The third kappa shape index (κ3) is 5.17. The van der Waals surface area contributed by atoms with Crippen molar-refractivity contribution in [1.29, 1.82) is 0 Å². The van der Waals surface area contributed by atoms with E-state index in [9.17, 15) is 0 Å². The third-order valence-electron chi connectivity index (χ3n) is 3.02. The van der Waals surface area contributed by atoms with Crippen molar-refractivity contribution < 1.29 is 0 Å². The van der Waals surface area contributed by atoms with Crippen LogP contribution in [0.5, 0.6) is 0 Å². The van der Waals surface area contributed by atoms with Crippen LogP contribution in [0.1, 0.15) is 0 Å². The highest BCUT2D eigenvalue weighted by Gasteiger charge is 2.65. The fraction of sp³-hybridized carbons (Fsp3) is 1.00. The zero-order chi connectivity index (χ0) is 19.6. The molecule has 0 radical (unpaired) electrons. The molecule has 1 aliphatic rings. The molecule has 0 atom stereocenters. The smallest absolute Gasteiger partial charge is 0.174 e. The Labute approximate surface area is 170 Å². The molecule has 0 aliphatic carbocycles. The van der Waals surface area contributed by atoms with Gasteiger partial charge in [-0.05, 0) is 70.3 Å². The molecular formula is C12H36Br2N4P2Si4. The molecule has 0 saturated carbocycles. The topological polar surface area (TPSA) is 31.2 Å². The van der Waals surface area contributed by atoms with E-state index in [1.807, 2.05) is 0 Å². The molecule has 4 nitrogen and oxygen atoms in total. The van der Waals surface area contributed by atoms with Crippen molar-refractivity contribution in [3.63, 3.8) is 0 Å². The van der Waals surface area contributed by atoms with Crippen LogP contribution in [0.4, 0.5) is 0 Å². The van der Waals surface area contributed by atoms with Gasteiger partial charge in [-0.1, -0.05) is 39.3 Å². The summed E-state index contributed by atoms with van der Waals surface area (Å²) in [5, 5.41) is 0. The molecule has 1 heterocycles. The van der Waals surface area contributed by atoms with E-state index < -0.39 is 45.1 Å². The molecule has 1 fully saturated rings. The molecule has 0 amide bonds. The number of hydrogen-bond donors (Lipinski definition) is 0. The van der Waals surface area contributed by atoms with E-state index in [0.717, 1.165) is 0 Å². The molecular weight excluding hydrogens is 534 g/mol. The number of halogens is 2. The van der Waals surface area contributed by atoms with Crippen LogP contribution in [0.3, 0.4) is 0 Å². The molecule has 1 rings (SSSR count). The second-order valence-corrected chi connectivity index (χ2v) is 41.7. The maximum absolute atomic E-state index is 5.51. The largest absolute Gasteiger partial charge is 0.304 e. The maximum atomic E-state index is 5.51. The van der Waals surface area contributed by atoms with Crippen LogP contribution in [0.15, 0.2) is 8.82 Å². The Balaban J connectivity index is 3.86. The van der Waals surface area contributed by atoms with Crippen LogP contribution in [0.25, 0.3) is 0 Å². The van der Waals surface area contributed by atoms with Gasteiger partial charge in [-0.15, -0.1) is 0 Å². The van der Waals surface area contributed by atoms with Gasteiger partial charge in [-0.3, -0.25) is 0 Å². The maximum Gasteiger partial charge on any atom is 0.174 e. The molecule has 0 N–H and O–H groups in total. The van der Waals surface area contributed by atoms with Crippen LogP contribution in [0, 0.1) is 0 Å². The normalized spacial score (nSPS) is 30.9. The average Bonchev–Trinajstić information content (AvgIpc) is 2.00. The van der Waals surface area contributed by atoms with E-state index in [2.05, 4.69) is 118 Å². The molecule has 0 aromatic heterocycles. The van der Waals surface area contributed by atoms with Crippen LogP contribution in [-0.4, -0.2) is 41.2 Å². The molecule has 0 unspecified atom stereocenters. The standard InChI is InChI=1S/C12H36Br2N4P2Si4/c1-21(2,3)15-19(13)17(23(7,8)9)20(14,16-22(4,5)6)18(19)24(10,11)12/h1-12H3. The minimum atomic E-state index is -1.82. The monoisotopic (exact) mass is 568 g/mol. The second kappa shape index (κ2) is 6.92. The molecule has 24 heavy (non-hydrogen) atoms. The predicted molar refractivity (Wildman–Crippen MR) is 134 cm³/mol. The lowest BCUT2D eigenvalue weighted by atomic mass is 11.8. The fourth-order valence-electron chi connectivity index (χ4n) is 2.88. The molecule has 0 aromatic carbocycles. The Bertz CT molecular complexity index is 545. The molecule has 0 aromatic rings. The van der Waals surface area contributed by atoms with Gasteiger partial charge in [-0.25, -0.2) is 8.21 Å². The predicted octanol–water partition coefficient (Wildman–Crippen LogP) is 8.63. The zero-order valence-electron chi connectivity index (χ0n) is 17.4. The lowest BCUT2D eigenvalue weighted by Gasteiger charge is -2.67. The van der Waals surface area contributed by atoms with Gasteiger partial charge in [0.2, 0.25) is 0 Å². The van der Waals surface area contributed by atoms with Crippen molar-refractivity contribution in [3.8, 4) is 0 Å². The highest BCUT2D eigenvalue weighted by atomic mass is 79.9. The Morgan fingerprint density at radius 2 is 0.750 bits per heavy atom. The van der Waals surface area contributed by atoms with Crippen LogP contribution >= 0.6 is 43.1 Å². The van der Waals surface area contributed by atoms with Gasteiger partial charge in [0.25, 0.3) is 0 Å². The highest BCUT2D eigenvalue weighted by Crippen LogP contribution is 2.97. The van der Waals surface area contributed by atoms with E-state index in [1.54, 1.807) is 0 Å². The van der Waals surface area contributed by atoms with Crippen molar-refractivity contribution in [2.24, 2.45) is 8.82 Å². The van der Waals surface area contributed by atoms with E-state index >= 15 is 0 Å². The first-order valence-electron chi connectivity index (χ1n) is 8.43. The minimum Gasteiger partial charge on any atom is -0.304 e. The number of hydrogen-bond acceptors (Lipinski definition) is 2. The van der Waals surface area contributed by atoms with Crippen molar-refractivity contribution in [2.75, 3.05) is 0 Å². The molecule has 0 spiro atoms. The number of rotatable bonds is 4. The van der Waals surface area contributed by atoms with Crippen molar-refractivity contribution in [1.82, 2.24) is 8.21 Å². The fourth-order valence-corrected chi connectivity index (χ4v) is 67.4. The summed E-state index contributed by atoms with van der Waals surface area (Å²) in [5.41, 5.74) is 0. The summed E-state index contributed by atoms with van der Waals surface area (Å²) >= 11 is 8.49. The van der Waals surface area contributed by atoms with Crippen molar-refractivity contribution in [3.05, 3.63) is 0 Å². The van der Waals surface area contributed by atoms with Crippen LogP contribution in [-0.2, 0) is 0 Å². The minimum absolute atomic E-state index is 1.57. The van der Waals surface area contributed by atoms with Crippen molar-refractivity contribution >= 4 is 76.0 Å². The van der Waals surface area contributed by atoms with Gasteiger partial charge in [0.15, 0.2) is 28.6 Å². The SMILES string of the molecule is C[Si](C)(C)N=P1(Br)N([Si](C)(C)C)P(Br)(=N[Si](C)(C)C)N1[Si](C)(C)C. The summed E-state index contributed by atoms with van der Waals surface area (Å²) in [6, 6.07) is -3.63. The average molecular weight is 571 g/mol. The van der Waals surface area contributed by atoms with Gasteiger partial charge in [0.1, 0.15) is 16.5 Å². The van der Waals surface area contributed by atoms with Crippen LogP contribution < -0.4 is 0 Å². The lowest BCUT2D eigenvalue weighted by Crippen LogP contribution is -2.58. The Hall–Kier alpha value is 2.21. The van der Waals surface area contributed by atoms with E-state index in [1.165, 1.54) is 0 Å². The quantitative estimate of drug-likeness (QED) is 0.250. The van der Waals surface area contributed by atoms with Crippen molar-refractivity contribution in [2.45, 2.75) is 78.6 Å². The number of nitrogens with zero attached hydrogens (tertiary/aromatic N) is 4. The summed E-state index contributed by atoms with van der Waals surface area (Å²) in [6.07, 6.45) is 0. The first kappa shape index (κ1) is 24.2. The van der Waals surface area contributed by atoms with E-state index in [0.29, 0.717) is 0 Å². The van der Waals surface area contributed by atoms with Crippen LogP contribution in [0.2, 0.25) is 78.6 Å². The summed E-state index contributed by atoms with van der Waals surface area (Å²) in [4.78, 5) is 0. The molecule has 0 bridgehead atoms. The van der Waals surface area contributed by atoms with Gasteiger partial charge < -0.3 is 8.82 Å². The summed E-state index contributed by atoms with van der Waals surface area (Å²) < 4.78 is 16.6. The Kier molecular flexibility index (Phi) is 6.99. The molecule has 144 valence electrons. The molecule has 1 saturated heterocycles. The highest BCUT2D eigenvalue weighted by molar-refractivity contribution is 9.45. The molecule has 12 heteroatoms. The first-order valence-corrected chi connectivity index (χ1v) is 29.6. The lowest BCUT2D eigenvalue weighted by molar-refractivity contribution is 0.826. The molecule has 1 aliphatic heterocycles. The summed E-state index contributed by atoms with van der Waals surface area (Å²) in [6.45, 7) is 28.8. The van der Waals surface area contributed by atoms with Gasteiger partial charge >= 0.3 is 0 Å². The van der Waals surface area contributed by atoms with Gasteiger partial charge in [0, 0.05) is 0 Å². The second-order valence-electron chi connectivity index (χ2n) is 10.5. The zero-order valence-corrected chi connectivity index (χ0v) is 26.4. The Morgan fingerprint density at radius 3 is 0.875 bits per heavy atom.